The molecule has 0 saturated heterocycles. The lowest BCUT2D eigenvalue weighted by Gasteiger charge is -2.07. The lowest BCUT2D eigenvalue weighted by Crippen LogP contribution is -2.14. The Morgan fingerprint density at radius 1 is 1.17 bits per heavy atom. The second-order valence-corrected chi connectivity index (χ2v) is 7.48. The minimum absolute atomic E-state index is 0.187. The molecule has 3 aromatic rings. The molecule has 0 bridgehead atoms. The number of nitrogens with zero attached hydrogens (tertiary/aromatic N) is 2. The summed E-state index contributed by atoms with van der Waals surface area (Å²) in [7, 11) is 0. The predicted molar refractivity (Wildman–Crippen MR) is 101 cm³/mol. The molecule has 8 heteroatoms. The van der Waals surface area contributed by atoms with Gasteiger partial charge in [-0.05, 0) is 41.8 Å². The first-order chi connectivity index (χ1) is 11.6. The average Bonchev–Trinajstić information content (AvgIpc) is 3.11. The summed E-state index contributed by atoms with van der Waals surface area (Å²) < 4.78 is 0. The molecule has 122 valence electrons. The molecule has 1 N–H and O–H groups in total. The average molecular weight is 396 g/mol. The number of carbonyl (C=O) groups is 1. The summed E-state index contributed by atoms with van der Waals surface area (Å²) in [5.74, 6) is 0.0175. The van der Waals surface area contributed by atoms with E-state index in [0.717, 1.165) is 10.6 Å². The summed E-state index contributed by atoms with van der Waals surface area (Å²) in [5, 5.41) is 14.7. The molecule has 4 nitrogen and oxygen atoms in total. The summed E-state index contributed by atoms with van der Waals surface area (Å²) >= 11 is 14.8. The number of amides is 1. The van der Waals surface area contributed by atoms with Crippen LogP contribution in [0.2, 0.25) is 10.0 Å². The maximum Gasteiger partial charge on any atom is 0.234 e. The van der Waals surface area contributed by atoms with E-state index in [1.807, 2.05) is 29.6 Å². The fourth-order valence-corrected chi connectivity index (χ4v) is 3.51. The number of anilines is 1. The van der Waals surface area contributed by atoms with Crippen LogP contribution >= 0.6 is 46.3 Å². The van der Waals surface area contributed by atoms with Gasteiger partial charge in [-0.2, -0.15) is 0 Å². The van der Waals surface area contributed by atoms with Gasteiger partial charge in [0.2, 0.25) is 5.91 Å². The van der Waals surface area contributed by atoms with Crippen molar-refractivity contribution in [2.75, 3.05) is 11.1 Å². The van der Waals surface area contributed by atoms with E-state index < -0.39 is 0 Å². The molecule has 0 fully saturated rings. The lowest BCUT2D eigenvalue weighted by atomic mass is 10.3. The van der Waals surface area contributed by atoms with Crippen molar-refractivity contribution in [1.82, 2.24) is 10.2 Å². The van der Waals surface area contributed by atoms with Crippen LogP contribution in [0, 0.1) is 0 Å². The van der Waals surface area contributed by atoms with E-state index in [4.69, 9.17) is 23.2 Å². The number of halogens is 2. The molecular formula is C16H11Cl2N3OS2. The topological polar surface area (TPSA) is 54.9 Å². The summed E-state index contributed by atoms with van der Waals surface area (Å²) in [6.07, 6.45) is 0. The number of hydrogen-bond donors (Lipinski definition) is 1. The lowest BCUT2D eigenvalue weighted by molar-refractivity contribution is -0.113. The molecule has 1 amide bonds. The van der Waals surface area contributed by atoms with Crippen molar-refractivity contribution < 1.29 is 4.79 Å². The minimum Gasteiger partial charge on any atom is -0.324 e. The molecule has 1 aromatic carbocycles. The highest BCUT2D eigenvalue weighted by Gasteiger charge is 2.09. The van der Waals surface area contributed by atoms with Crippen LogP contribution in [0.25, 0.3) is 10.6 Å². The number of rotatable bonds is 5. The molecule has 0 aliphatic heterocycles. The number of hydrogen-bond acceptors (Lipinski definition) is 5. The van der Waals surface area contributed by atoms with Crippen LogP contribution in [0.15, 0.2) is 52.9 Å². The largest absolute Gasteiger partial charge is 0.324 e. The quantitative estimate of drug-likeness (QED) is 0.599. The monoisotopic (exact) mass is 395 g/mol. The number of carbonyl (C=O) groups excluding carboxylic acids is 1. The summed E-state index contributed by atoms with van der Waals surface area (Å²) in [5.41, 5.74) is 1.32. The van der Waals surface area contributed by atoms with Crippen molar-refractivity contribution in [3.8, 4) is 10.6 Å². The number of nitrogens with one attached hydrogen (secondary N) is 1. The molecule has 2 heterocycles. The highest BCUT2D eigenvalue weighted by molar-refractivity contribution is 7.99. The third kappa shape index (κ3) is 4.48. The summed E-state index contributed by atoms with van der Waals surface area (Å²) in [4.78, 5) is 13.1. The molecular weight excluding hydrogens is 385 g/mol. The highest BCUT2D eigenvalue weighted by Crippen LogP contribution is 2.26. The number of thioether (sulfide) groups is 1. The van der Waals surface area contributed by atoms with Crippen molar-refractivity contribution >= 4 is 57.9 Å². The van der Waals surface area contributed by atoms with Crippen LogP contribution in [0.1, 0.15) is 0 Å². The summed E-state index contributed by atoms with van der Waals surface area (Å²) in [6.45, 7) is 0. The SMILES string of the molecule is O=C(CSc1ccc(-c2cccs2)nn1)Nc1cc(Cl)ccc1Cl. The zero-order chi connectivity index (χ0) is 16.9. The van der Waals surface area contributed by atoms with Crippen LogP contribution < -0.4 is 5.32 Å². The van der Waals surface area contributed by atoms with Gasteiger partial charge < -0.3 is 5.32 Å². The predicted octanol–water partition coefficient (Wildman–Crippen LogP) is 5.24. The molecule has 0 unspecified atom stereocenters. The van der Waals surface area contributed by atoms with Gasteiger partial charge in [-0.15, -0.1) is 21.5 Å². The van der Waals surface area contributed by atoms with Crippen LogP contribution in [0.3, 0.4) is 0 Å². The first-order valence-corrected chi connectivity index (χ1v) is 9.49. The number of thiophene rings is 1. The number of benzene rings is 1. The van der Waals surface area contributed by atoms with Gasteiger partial charge >= 0.3 is 0 Å². The van der Waals surface area contributed by atoms with E-state index in [2.05, 4.69) is 15.5 Å². The van der Waals surface area contributed by atoms with Crippen molar-refractivity contribution in [3.05, 3.63) is 57.9 Å². The highest BCUT2D eigenvalue weighted by atomic mass is 35.5. The van der Waals surface area contributed by atoms with Crippen LogP contribution in [-0.4, -0.2) is 21.9 Å². The fraction of sp³-hybridized carbons (Fsp3) is 0.0625. The van der Waals surface area contributed by atoms with Crippen LogP contribution in [0.4, 0.5) is 5.69 Å². The third-order valence-corrected chi connectivity index (χ3v) is 5.34. The Morgan fingerprint density at radius 2 is 2.04 bits per heavy atom. The Labute approximate surface area is 157 Å². The first-order valence-electron chi connectivity index (χ1n) is 6.87. The zero-order valence-electron chi connectivity index (χ0n) is 12.2. The fourth-order valence-electron chi connectivity index (χ4n) is 1.87. The van der Waals surface area contributed by atoms with E-state index in [0.29, 0.717) is 20.8 Å². The van der Waals surface area contributed by atoms with E-state index in [-0.39, 0.29) is 11.7 Å². The Kier molecular flexibility index (Phi) is 5.73. The first kappa shape index (κ1) is 17.2. The molecule has 0 saturated carbocycles. The standard InChI is InChI=1S/C16H11Cl2N3OS2/c17-10-3-4-11(18)13(8-10)19-15(22)9-24-16-6-5-12(20-21-16)14-2-1-7-23-14/h1-8H,9H2,(H,19,22). The van der Waals surface area contributed by atoms with Gasteiger partial charge in [0, 0.05) is 5.02 Å². The molecule has 3 rings (SSSR count). The van der Waals surface area contributed by atoms with Crippen molar-refractivity contribution in [1.29, 1.82) is 0 Å². The Hall–Kier alpha value is -1.60. The van der Waals surface area contributed by atoms with Gasteiger partial charge in [0.15, 0.2) is 0 Å². The maximum absolute atomic E-state index is 12.0. The molecule has 2 aromatic heterocycles. The van der Waals surface area contributed by atoms with E-state index in [1.165, 1.54) is 11.8 Å². The van der Waals surface area contributed by atoms with Gasteiger partial charge in [0.25, 0.3) is 0 Å². The van der Waals surface area contributed by atoms with E-state index in [1.54, 1.807) is 29.5 Å². The van der Waals surface area contributed by atoms with E-state index in [9.17, 15) is 4.79 Å². The molecule has 0 spiro atoms. The summed E-state index contributed by atoms with van der Waals surface area (Å²) in [6, 6.07) is 12.6. The second kappa shape index (κ2) is 7.98. The van der Waals surface area contributed by atoms with Crippen molar-refractivity contribution in [3.63, 3.8) is 0 Å². The molecule has 0 atom stereocenters. The Bertz CT molecular complexity index is 839. The van der Waals surface area contributed by atoms with Crippen molar-refractivity contribution in [2.24, 2.45) is 0 Å². The van der Waals surface area contributed by atoms with Crippen molar-refractivity contribution in [2.45, 2.75) is 5.03 Å². The normalized spacial score (nSPS) is 10.6. The maximum atomic E-state index is 12.0. The van der Waals surface area contributed by atoms with Gasteiger partial charge in [-0.25, -0.2) is 0 Å². The number of aromatic nitrogens is 2. The van der Waals surface area contributed by atoms with Gasteiger partial charge in [0.1, 0.15) is 10.7 Å². The Morgan fingerprint density at radius 3 is 2.75 bits per heavy atom. The third-order valence-electron chi connectivity index (χ3n) is 2.97. The molecule has 0 radical (unpaired) electrons. The molecule has 24 heavy (non-hydrogen) atoms. The van der Waals surface area contributed by atoms with Gasteiger partial charge in [-0.1, -0.05) is 41.0 Å². The molecule has 0 aliphatic rings. The Balaban J connectivity index is 1.57. The smallest absolute Gasteiger partial charge is 0.234 e. The van der Waals surface area contributed by atoms with Gasteiger partial charge in [-0.3, -0.25) is 4.79 Å². The second-order valence-electron chi connectivity index (χ2n) is 4.70. The van der Waals surface area contributed by atoms with E-state index >= 15 is 0 Å². The van der Waals surface area contributed by atoms with Crippen LogP contribution in [0.5, 0.6) is 0 Å². The van der Waals surface area contributed by atoms with Crippen LogP contribution in [-0.2, 0) is 4.79 Å². The zero-order valence-corrected chi connectivity index (χ0v) is 15.3. The minimum atomic E-state index is -0.187. The van der Waals surface area contributed by atoms with Gasteiger partial charge in [0.05, 0.1) is 21.3 Å². The molecule has 0 aliphatic carbocycles.